The van der Waals surface area contributed by atoms with Crippen molar-refractivity contribution in [3.63, 3.8) is 0 Å². The van der Waals surface area contributed by atoms with E-state index in [1.165, 1.54) is 37.1 Å². The van der Waals surface area contributed by atoms with Gasteiger partial charge in [-0.05, 0) is 63.1 Å². The minimum Gasteiger partial charge on any atom is -0.339 e. The van der Waals surface area contributed by atoms with Gasteiger partial charge in [0.25, 0.3) is 0 Å². The predicted octanol–water partition coefficient (Wildman–Crippen LogP) is 3.63. The molecule has 0 radical (unpaired) electrons. The molecule has 22 heavy (non-hydrogen) atoms. The lowest BCUT2D eigenvalue weighted by Gasteiger charge is -2.29. The van der Waals surface area contributed by atoms with Crippen molar-refractivity contribution < 1.29 is 4.52 Å². The summed E-state index contributed by atoms with van der Waals surface area (Å²) in [5, 5.41) is 6.21. The maximum atomic E-state index is 5.44. The van der Waals surface area contributed by atoms with Gasteiger partial charge in [-0.3, -0.25) is 0 Å². The Kier molecular flexibility index (Phi) is 5.26. The third-order valence-corrected chi connectivity index (χ3v) is 5.35. The average molecular weight is 319 g/mol. The molecule has 0 atom stereocenters. The quantitative estimate of drug-likeness (QED) is 0.815. The van der Waals surface area contributed by atoms with E-state index in [1.807, 2.05) is 0 Å². The van der Waals surface area contributed by atoms with Crippen LogP contribution in [0, 0.1) is 11.8 Å². The van der Waals surface area contributed by atoms with Crippen molar-refractivity contribution in [3.8, 4) is 0 Å². The van der Waals surface area contributed by atoms with E-state index in [0.717, 1.165) is 30.5 Å². The van der Waals surface area contributed by atoms with E-state index < -0.39 is 0 Å². The molecule has 1 saturated carbocycles. The number of thiophene rings is 1. The Morgan fingerprint density at radius 1 is 1.23 bits per heavy atom. The van der Waals surface area contributed by atoms with Crippen molar-refractivity contribution in [3.05, 3.63) is 34.1 Å². The third-order valence-electron chi connectivity index (χ3n) is 4.48. The molecule has 1 fully saturated rings. The molecule has 0 unspecified atom stereocenters. The first kappa shape index (κ1) is 15.7. The van der Waals surface area contributed by atoms with Gasteiger partial charge in [-0.15, -0.1) is 11.3 Å². The summed E-state index contributed by atoms with van der Waals surface area (Å²) in [6.07, 6.45) is 6.99. The fourth-order valence-corrected chi connectivity index (χ4v) is 4.10. The highest BCUT2D eigenvalue weighted by Crippen LogP contribution is 2.31. The molecule has 1 aliphatic carbocycles. The Balaban J connectivity index is 1.47. The molecule has 2 aromatic rings. The molecule has 0 aliphatic heterocycles. The number of hydrogen-bond acceptors (Lipinski definition) is 5. The van der Waals surface area contributed by atoms with Gasteiger partial charge in [0, 0.05) is 24.3 Å². The van der Waals surface area contributed by atoms with Crippen LogP contribution < -0.4 is 0 Å². The molecule has 0 amide bonds. The minimum atomic E-state index is 0.716. The summed E-state index contributed by atoms with van der Waals surface area (Å²) in [6.45, 7) is 1.22. The van der Waals surface area contributed by atoms with Crippen LogP contribution in [0.1, 0.15) is 42.3 Å². The van der Waals surface area contributed by atoms with Crippen LogP contribution in [0.5, 0.6) is 0 Å². The van der Waals surface area contributed by atoms with Crippen molar-refractivity contribution in [1.29, 1.82) is 0 Å². The van der Waals surface area contributed by atoms with Gasteiger partial charge < -0.3 is 9.42 Å². The molecule has 2 aromatic heterocycles. The molecular formula is C17H25N3OS. The summed E-state index contributed by atoms with van der Waals surface area (Å²) >= 11 is 1.74. The standard InChI is InChI=1S/C17H25N3OS/c1-20(2)12-14-7-5-13(6-8-14)10-17-18-16(19-21-17)11-15-4-3-9-22-15/h3-4,9,13-14H,5-8,10-12H2,1-2H3. The topological polar surface area (TPSA) is 42.2 Å². The summed E-state index contributed by atoms with van der Waals surface area (Å²) in [5.41, 5.74) is 0. The second-order valence-electron chi connectivity index (χ2n) is 6.71. The molecule has 0 bridgehead atoms. The smallest absolute Gasteiger partial charge is 0.226 e. The zero-order valence-electron chi connectivity index (χ0n) is 13.5. The zero-order valence-corrected chi connectivity index (χ0v) is 14.3. The maximum Gasteiger partial charge on any atom is 0.226 e. The minimum absolute atomic E-state index is 0.716. The van der Waals surface area contributed by atoms with Gasteiger partial charge in [0.1, 0.15) is 0 Å². The number of nitrogens with zero attached hydrogens (tertiary/aromatic N) is 3. The van der Waals surface area contributed by atoms with Crippen molar-refractivity contribution in [2.75, 3.05) is 20.6 Å². The van der Waals surface area contributed by atoms with Gasteiger partial charge >= 0.3 is 0 Å². The lowest BCUT2D eigenvalue weighted by atomic mass is 9.80. The van der Waals surface area contributed by atoms with E-state index in [0.29, 0.717) is 5.92 Å². The molecule has 2 heterocycles. The Morgan fingerprint density at radius 3 is 2.68 bits per heavy atom. The fraction of sp³-hybridized carbons (Fsp3) is 0.647. The van der Waals surface area contributed by atoms with E-state index in [-0.39, 0.29) is 0 Å². The summed E-state index contributed by atoms with van der Waals surface area (Å²) in [7, 11) is 4.33. The van der Waals surface area contributed by atoms with Gasteiger partial charge in [-0.1, -0.05) is 11.2 Å². The van der Waals surface area contributed by atoms with Crippen LogP contribution in [-0.4, -0.2) is 35.7 Å². The second-order valence-corrected chi connectivity index (χ2v) is 7.75. The van der Waals surface area contributed by atoms with Crippen LogP contribution in [0.4, 0.5) is 0 Å². The van der Waals surface area contributed by atoms with Gasteiger partial charge in [0.15, 0.2) is 5.82 Å². The number of aromatic nitrogens is 2. The van der Waals surface area contributed by atoms with Gasteiger partial charge in [-0.25, -0.2) is 0 Å². The van der Waals surface area contributed by atoms with Crippen molar-refractivity contribution >= 4 is 11.3 Å². The molecule has 5 heteroatoms. The fourth-order valence-electron chi connectivity index (χ4n) is 3.40. The first-order valence-electron chi connectivity index (χ1n) is 8.17. The van der Waals surface area contributed by atoms with Crippen LogP contribution in [0.3, 0.4) is 0 Å². The highest BCUT2D eigenvalue weighted by Gasteiger charge is 2.23. The maximum absolute atomic E-state index is 5.44. The third kappa shape index (κ3) is 4.40. The lowest BCUT2D eigenvalue weighted by Crippen LogP contribution is -2.26. The van der Waals surface area contributed by atoms with E-state index >= 15 is 0 Å². The molecular weight excluding hydrogens is 294 g/mol. The van der Waals surface area contributed by atoms with Gasteiger partial charge in [0.05, 0.1) is 0 Å². The summed E-state index contributed by atoms with van der Waals surface area (Å²) in [5.74, 6) is 3.22. The van der Waals surface area contributed by atoms with Crippen LogP contribution in [0.25, 0.3) is 0 Å². The first-order valence-corrected chi connectivity index (χ1v) is 9.05. The Bertz CT molecular complexity index is 556. The SMILES string of the molecule is CN(C)CC1CCC(Cc2nc(Cc3cccs3)no2)CC1. The molecule has 4 nitrogen and oxygen atoms in total. The van der Waals surface area contributed by atoms with E-state index in [4.69, 9.17) is 4.52 Å². The van der Waals surface area contributed by atoms with Gasteiger partial charge in [0.2, 0.25) is 5.89 Å². The van der Waals surface area contributed by atoms with Gasteiger partial charge in [-0.2, -0.15) is 4.98 Å². The molecule has 120 valence electrons. The Hall–Kier alpha value is -1.20. The summed E-state index contributed by atoms with van der Waals surface area (Å²) < 4.78 is 5.44. The van der Waals surface area contributed by atoms with Crippen molar-refractivity contribution in [2.45, 2.75) is 38.5 Å². The Labute approximate surface area is 136 Å². The van der Waals surface area contributed by atoms with E-state index in [2.05, 4.69) is 46.6 Å². The highest BCUT2D eigenvalue weighted by atomic mass is 32.1. The number of rotatable bonds is 6. The van der Waals surface area contributed by atoms with Crippen LogP contribution in [0.2, 0.25) is 0 Å². The van der Waals surface area contributed by atoms with Crippen LogP contribution in [-0.2, 0) is 12.8 Å². The molecule has 0 aromatic carbocycles. The summed E-state index contributed by atoms with van der Waals surface area (Å²) in [4.78, 5) is 8.16. The van der Waals surface area contributed by atoms with E-state index in [9.17, 15) is 0 Å². The highest BCUT2D eigenvalue weighted by molar-refractivity contribution is 7.09. The monoisotopic (exact) mass is 319 g/mol. The first-order chi connectivity index (χ1) is 10.7. The molecule has 3 rings (SSSR count). The van der Waals surface area contributed by atoms with Crippen LogP contribution >= 0.6 is 11.3 Å². The lowest BCUT2D eigenvalue weighted by molar-refractivity contribution is 0.213. The largest absolute Gasteiger partial charge is 0.339 e. The molecule has 0 spiro atoms. The summed E-state index contributed by atoms with van der Waals surface area (Å²) in [6, 6.07) is 4.18. The molecule has 0 saturated heterocycles. The van der Waals surface area contributed by atoms with E-state index in [1.54, 1.807) is 11.3 Å². The number of hydrogen-bond donors (Lipinski definition) is 0. The van der Waals surface area contributed by atoms with Crippen molar-refractivity contribution in [1.82, 2.24) is 15.0 Å². The Morgan fingerprint density at radius 2 is 2.00 bits per heavy atom. The second kappa shape index (κ2) is 7.38. The van der Waals surface area contributed by atoms with Crippen molar-refractivity contribution in [2.24, 2.45) is 11.8 Å². The van der Waals surface area contributed by atoms with Crippen LogP contribution in [0.15, 0.2) is 22.0 Å². The average Bonchev–Trinajstić information content (AvgIpc) is 3.13. The molecule has 1 aliphatic rings. The zero-order chi connectivity index (χ0) is 15.4. The molecule has 0 N–H and O–H groups in total. The predicted molar refractivity (Wildman–Crippen MR) is 89.1 cm³/mol. The normalized spacial score (nSPS) is 22.3.